The van der Waals surface area contributed by atoms with Crippen molar-refractivity contribution < 1.29 is 4.79 Å². The molecular formula is C14H21N5O. The fourth-order valence-corrected chi connectivity index (χ4v) is 2.77. The van der Waals surface area contributed by atoms with E-state index in [0.717, 1.165) is 12.8 Å². The number of nitrogens with zero attached hydrogens (tertiary/aromatic N) is 3. The highest BCUT2D eigenvalue weighted by Gasteiger charge is 2.18. The van der Waals surface area contributed by atoms with Crippen LogP contribution in [0.1, 0.15) is 49.8 Å². The van der Waals surface area contributed by atoms with E-state index >= 15 is 0 Å². The molecule has 1 aliphatic rings. The molecule has 0 aromatic carbocycles. The van der Waals surface area contributed by atoms with E-state index in [1.165, 1.54) is 19.3 Å². The predicted octanol–water partition coefficient (Wildman–Crippen LogP) is 2.01. The summed E-state index contributed by atoms with van der Waals surface area (Å²) >= 11 is 0. The predicted molar refractivity (Wildman–Crippen MR) is 75.6 cm³/mol. The number of nitrogens with one attached hydrogen (secondary N) is 2. The molecule has 0 saturated heterocycles. The van der Waals surface area contributed by atoms with Crippen molar-refractivity contribution in [2.75, 3.05) is 5.43 Å². The second kappa shape index (κ2) is 6.42. The highest BCUT2D eigenvalue weighted by atomic mass is 16.2. The molecule has 0 spiro atoms. The third-order valence-corrected chi connectivity index (χ3v) is 3.85. The van der Waals surface area contributed by atoms with Gasteiger partial charge in [-0.25, -0.2) is 0 Å². The van der Waals surface area contributed by atoms with Crippen molar-refractivity contribution in [1.29, 1.82) is 5.26 Å². The van der Waals surface area contributed by atoms with E-state index in [9.17, 15) is 4.79 Å². The van der Waals surface area contributed by atoms with Gasteiger partial charge in [0.25, 0.3) is 0 Å². The average molecular weight is 275 g/mol. The molecule has 1 aromatic heterocycles. The standard InChI is InChI=1S/C14H21N5O/c1-10-12(9-15)14(19(2)18-10)17-16-13(20)8-11-6-4-3-5-7-11/h11,17H,3-8H2,1-2H3,(H,16,20). The summed E-state index contributed by atoms with van der Waals surface area (Å²) in [5.74, 6) is 0.996. The van der Waals surface area contributed by atoms with E-state index in [0.29, 0.717) is 29.4 Å². The highest BCUT2D eigenvalue weighted by Crippen LogP contribution is 2.26. The number of nitriles is 1. The zero-order chi connectivity index (χ0) is 14.5. The van der Waals surface area contributed by atoms with Crippen LogP contribution in [0.5, 0.6) is 0 Å². The van der Waals surface area contributed by atoms with Gasteiger partial charge >= 0.3 is 0 Å². The van der Waals surface area contributed by atoms with Crippen LogP contribution < -0.4 is 10.9 Å². The number of rotatable bonds is 4. The van der Waals surface area contributed by atoms with E-state index in [-0.39, 0.29) is 5.91 Å². The number of carbonyl (C=O) groups is 1. The molecule has 1 heterocycles. The molecule has 2 N–H and O–H groups in total. The second-order valence-electron chi connectivity index (χ2n) is 5.43. The maximum atomic E-state index is 11.9. The van der Waals surface area contributed by atoms with E-state index in [1.807, 2.05) is 0 Å². The molecule has 2 rings (SSSR count). The van der Waals surface area contributed by atoms with Crippen LogP contribution in [0.3, 0.4) is 0 Å². The Morgan fingerprint density at radius 3 is 2.80 bits per heavy atom. The smallest absolute Gasteiger partial charge is 0.238 e. The molecule has 6 heteroatoms. The number of hydrazine groups is 1. The zero-order valence-electron chi connectivity index (χ0n) is 12.1. The fourth-order valence-electron chi connectivity index (χ4n) is 2.77. The molecule has 1 aromatic rings. The molecule has 1 saturated carbocycles. The van der Waals surface area contributed by atoms with Crippen molar-refractivity contribution in [2.45, 2.75) is 45.4 Å². The number of carbonyl (C=O) groups excluding carboxylic acids is 1. The summed E-state index contributed by atoms with van der Waals surface area (Å²) in [5, 5.41) is 13.2. The summed E-state index contributed by atoms with van der Waals surface area (Å²) in [4.78, 5) is 11.9. The first-order valence-electron chi connectivity index (χ1n) is 7.10. The Morgan fingerprint density at radius 2 is 2.15 bits per heavy atom. The number of aryl methyl sites for hydroxylation is 2. The summed E-state index contributed by atoms with van der Waals surface area (Å²) < 4.78 is 1.56. The van der Waals surface area contributed by atoms with Crippen LogP contribution in [0, 0.1) is 24.2 Å². The Hall–Kier alpha value is -2.03. The van der Waals surface area contributed by atoms with Crippen molar-refractivity contribution in [3.63, 3.8) is 0 Å². The number of hydrogen-bond donors (Lipinski definition) is 2. The normalized spacial score (nSPS) is 15.7. The summed E-state index contributed by atoms with van der Waals surface area (Å²) in [6.45, 7) is 1.77. The Morgan fingerprint density at radius 1 is 1.45 bits per heavy atom. The van der Waals surface area contributed by atoms with Gasteiger partial charge < -0.3 is 0 Å². The Bertz CT molecular complexity index is 522. The average Bonchev–Trinajstić information content (AvgIpc) is 2.71. The molecule has 0 unspecified atom stereocenters. The second-order valence-corrected chi connectivity index (χ2v) is 5.43. The molecule has 1 aliphatic carbocycles. The van der Waals surface area contributed by atoms with Gasteiger partial charge in [-0.3, -0.25) is 20.3 Å². The first-order valence-corrected chi connectivity index (χ1v) is 7.10. The summed E-state index contributed by atoms with van der Waals surface area (Å²) in [5.41, 5.74) is 6.61. The number of hydrogen-bond acceptors (Lipinski definition) is 4. The molecule has 1 fully saturated rings. The molecule has 20 heavy (non-hydrogen) atoms. The number of anilines is 1. The SMILES string of the molecule is Cc1nn(C)c(NNC(=O)CC2CCCCC2)c1C#N. The monoisotopic (exact) mass is 275 g/mol. The minimum Gasteiger partial charge on any atom is -0.281 e. The minimum atomic E-state index is -0.0281. The van der Waals surface area contributed by atoms with Gasteiger partial charge in [0.2, 0.25) is 5.91 Å². The Kier molecular flexibility index (Phi) is 4.61. The van der Waals surface area contributed by atoms with E-state index in [4.69, 9.17) is 5.26 Å². The van der Waals surface area contributed by atoms with Gasteiger partial charge in [-0.1, -0.05) is 19.3 Å². The van der Waals surface area contributed by atoms with Gasteiger partial charge in [-0.05, 0) is 25.7 Å². The number of aromatic nitrogens is 2. The lowest BCUT2D eigenvalue weighted by Crippen LogP contribution is -2.32. The van der Waals surface area contributed by atoms with Gasteiger partial charge in [0.05, 0.1) is 5.69 Å². The molecule has 0 atom stereocenters. The van der Waals surface area contributed by atoms with E-state index in [2.05, 4.69) is 22.0 Å². The van der Waals surface area contributed by atoms with Gasteiger partial charge in [0.1, 0.15) is 11.6 Å². The van der Waals surface area contributed by atoms with Crippen molar-refractivity contribution in [2.24, 2.45) is 13.0 Å². The van der Waals surface area contributed by atoms with Crippen LogP contribution in [0.25, 0.3) is 0 Å². The fraction of sp³-hybridized carbons (Fsp3) is 0.643. The molecular weight excluding hydrogens is 254 g/mol. The Balaban J connectivity index is 1.88. The molecule has 1 amide bonds. The third-order valence-electron chi connectivity index (χ3n) is 3.85. The van der Waals surface area contributed by atoms with Crippen LogP contribution in [0.4, 0.5) is 5.82 Å². The molecule has 108 valence electrons. The van der Waals surface area contributed by atoms with E-state index in [1.54, 1.807) is 18.7 Å². The van der Waals surface area contributed by atoms with Gasteiger partial charge in [0, 0.05) is 13.5 Å². The van der Waals surface area contributed by atoms with Crippen molar-refractivity contribution in [3.8, 4) is 6.07 Å². The van der Waals surface area contributed by atoms with Crippen LogP contribution in [-0.4, -0.2) is 15.7 Å². The Labute approximate surface area is 119 Å². The van der Waals surface area contributed by atoms with Crippen LogP contribution in [0.15, 0.2) is 0 Å². The van der Waals surface area contributed by atoms with Crippen molar-refractivity contribution >= 4 is 11.7 Å². The number of amides is 1. The topological polar surface area (TPSA) is 82.7 Å². The molecule has 0 bridgehead atoms. The van der Waals surface area contributed by atoms with E-state index < -0.39 is 0 Å². The lowest BCUT2D eigenvalue weighted by Gasteiger charge is -2.21. The van der Waals surface area contributed by atoms with Crippen LogP contribution in [0.2, 0.25) is 0 Å². The van der Waals surface area contributed by atoms with Crippen molar-refractivity contribution in [3.05, 3.63) is 11.3 Å². The quantitative estimate of drug-likeness (QED) is 0.823. The minimum absolute atomic E-state index is 0.0281. The molecule has 6 nitrogen and oxygen atoms in total. The van der Waals surface area contributed by atoms with Gasteiger partial charge in [0.15, 0.2) is 5.82 Å². The summed E-state index contributed by atoms with van der Waals surface area (Å²) in [7, 11) is 1.74. The van der Waals surface area contributed by atoms with Crippen LogP contribution in [-0.2, 0) is 11.8 Å². The third kappa shape index (κ3) is 3.29. The van der Waals surface area contributed by atoms with Gasteiger partial charge in [-0.2, -0.15) is 10.4 Å². The maximum absolute atomic E-state index is 11.9. The van der Waals surface area contributed by atoms with Crippen molar-refractivity contribution in [1.82, 2.24) is 15.2 Å². The first kappa shape index (κ1) is 14.4. The largest absolute Gasteiger partial charge is 0.281 e. The summed E-state index contributed by atoms with van der Waals surface area (Å²) in [6, 6.07) is 2.09. The lowest BCUT2D eigenvalue weighted by atomic mass is 9.87. The summed E-state index contributed by atoms with van der Waals surface area (Å²) in [6.07, 6.45) is 6.57. The van der Waals surface area contributed by atoms with Gasteiger partial charge in [-0.15, -0.1) is 0 Å². The lowest BCUT2D eigenvalue weighted by molar-refractivity contribution is -0.121. The zero-order valence-corrected chi connectivity index (χ0v) is 12.1. The van der Waals surface area contributed by atoms with Crippen LogP contribution >= 0.6 is 0 Å². The molecule has 0 aliphatic heterocycles. The maximum Gasteiger partial charge on any atom is 0.238 e. The molecule has 0 radical (unpaired) electrons. The highest BCUT2D eigenvalue weighted by molar-refractivity contribution is 5.77. The first-order chi connectivity index (χ1) is 9.61.